The Bertz CT molecular complexity index is 689. The van der Waals surface area contributed by atoms with Gasteiger partial charge in [-0.1, -0.05) is 6.07 Å². The van der Waals surface area contributed by atoms with Crippen LogP contribution in [-0.4, -0.2) is 51.3 Å². The minimum Gasteiger partial charge on any atom is -0.332 e. The largest absolute Gasteiger partial charge is 0.332 e. The third-order valence-corrected chi connectivity index (χ3v) is 4.16. The number of rotatable bonds is 5. The molecule has 0 bridgehead atoms. The van der Waals surface area contributed by atoms with E-state index in [1.165, 1.54) is 0 Å². The molecule has 0 aliphatic carbocycles. The van der Waals surface area contributed by atoms with Gasteiger partial charge in [0.2, 0.25) is 5.91 Å². The Morgan fingerprint density at radius 3 is 2.96 bits per heavy atom. The van der Waals surface area contributed by atoms with E-state index in [1.54, 1.807) is 18.6 Å². The van der Waals surface area contributed by atoms with Crippen molar-refractivity contribution in [1.29, 1.82) is 0 Å². The highest BCUT2D eigenvalue weighted by molar-refractivity contribution is 5.79. The number of aromatic nitrogens is 3. The van der Waals surface area contributed by atoms with Crippen LogP contribution >= 0.6 is 0 Å². The summed E-state index contributed by atoms with van der Waals surface area (Å²) in [7, 11) is 4.03. The maximum atomic E-state index is 12.7. The van der Waals surface area contributed by atoms with E-state index in [0.717, 1.165) is 43.0 Å². The summed E-state index contributed by atoms with van der Waals surface area (Å²) in [5, 5.41) is 0. The summed E-state index contributed by atoms with van der Waals surface area (Å²) in [5.74, 6) is 0.874. The summed E-state index contributed by atoms with van der Waals surface area (Å²) < 4.78 is 0. The fourth-order valence-corrected chi connectivity index (χ4v) is 3.10. The van der Waals surface area contributed by atoms with Gasteiger partial charge in [0.25, 0.3) is 0 Å². The molecule has 0 spiro atoms. The lowest BCUT2D eigenvalue weighted by Crippen LogP contribution is -2.32. The number of carbonyl (C=O) groups is 1. The molecule has 1 amide bonds. The molecule has 2 aromatic heterocycles. The lowest BCUT2D eigenvalue weighted by molar-refractivity contribution is -0.131. The van der Waals surface area contributed by atoms with Crippen LogP contribution in [0.25, 0.3) is 0 Å². The number of hydrogen-bond donors (Lipinski definition) is 0. The predicted molar refractivity (Wildman–Crippen MR) is 91.1 cm³/mol. The third kappa shape index (κ3) is 3.94. The topological polar surface area (TPSA) is 62.2 Å². The van der Waals surface area contributed by atoms with Crippen LogP contribution in [0.4, 0.5) is 0 Å². The first-order valence-corrected chi connectivity index (χ1v) is 8.28. The smallest absolute Gasteiger partial charge is 0.227 e. The van der Waals surface area contributed by atoms with Gasteiger partial charge in [0.15, 0.2) is 5.82 Å². The van der Waals surface area contributed by atoms with E-state index >= 15 is 0 Å². The summed E-state index contributed by atoms with van der Waals surface area (Å²) in [6, 6.07) is 5.71. The van der Waals surface area contributed by atoms with Gasteiger partial charge in [-0.15, -0.1) is 0 Å². The normalized spacial score (nSPS) is 17.5. The second kappa shape index (κ2) is 7.49. The van der Waals surface area contributed by atoms with Gasteiger partial charge in [-0.3, -0.25) is 9.78 Å². The van der Waals surface area contributed by atoms with Crippen LogP contribution in [0, 0.1) is 0 Å². The van der Waals surface area contributed by atoms with E-state index in [1.807, 2.05) is 37.2 Å². The van der Waals surface area contributed by atoms with Crippen LogP contribution in [0.3, 0.4) is 0 Å². The highest BCUT2D eigenvalue weighted by atomic mass is 16.2. The summed E-state index contributed by atoms with van der Waals surface area (Å²) >= 11 is 0. The predicted octanol–water partition coefficient (Wildman–Crippen LogP) is 1.84. The second-order valence-electron chi connectivity index (χ2n) is 6.43. The molecule has 6 heteroatoms. The number of carbonyl (C=O) groups excluding carboxylic acids is 1. The quantitative estimate of drug-likeness (QED) is 0.839. The monoisotopic (exact) mass is 325 g/mol. The van der Waals surface area contributed by atoms with Crippen LogP contribution in [0.15, 0.2) is 36.8 Å². The molecule has 0 aromatic carbocycles. The summed E-state index contributed by atoms with van der Waals surface area (Å²) in [6.45, 7) is 1.54. The minimum atomic E-state index is -0.0173. The van der Waals surface area contributed by atoms with E-state index in [9.17, 15) is 4.79 Å². The Morgan fingerprint density at radius 1 is 1.33 bits per heavy atom. The Morgan fingerprint density at radius 2 is 2.21 bits per heavy atom. The van der Waals surface area contributed by atoms with E-state index in [0.29, 0.717) is 6.42 Å². The van der Waals surface area contributed by atoms with Crippen LogP contribution in [0.1, 0.15) is 36.0 Å². The average Bonchev–Trinajstić information content (AvgIpc) is 3.05. The first-order chi connectivity index (χ1) is 11.6. The maximum absolute atomic E-state index is 12.7. The Labute approximate surface area is 142 Å². The zero-order valence-electron chi connectivity index (χ0n) is 14.2. The molecular formula is C18H23N5O. The van der Waals surface area contributed by atoms with Crippen molar-refractivity contribution < 1.29 is 4.79 Å². The lowest BCUT2D eigenvalue weighted by Gasteiger charge is -2.24. The Hall–Kier alpha value is -2.34. The molecule has 1 fully saturated rings. The van der Waals surface area contributed by atoms with E-state index in [-0.39, 0.29) is 11.9 Å². The summed E-state index contributed by atoms with van der Waals surface area (Å²) in [4.78, 5) is 29.9. The first-order valence-electron chi connectivity index (χ1n) is 8.28. The maximum Gasteiger partial charge on any atom is 0.227 e. The van der Waals surface area contributed by atoms with Crippen molar-refractivity contribution in [3.8, 4) is 0 Å². The van der Waals surface area contributed by atoms with Crippen molar-refractivity contribution in [2.24, 2.45) is 0 Å². The zero-order valence-corrected chi connectivity index (χ0v) is 14.2. The standard InChI is InChI=1S/C18H23N5O/c1-22(2)13-15-7-9-20-18(21-15)16-6-4-10-23(16)17(24)11-14-5-3-8-19-12-14/h3,5,7-9,12,16H,4,6,10-11,13H2,1-2H3/t16-/m0/s1. The molecule has 1 saturated heterocycles. The van der Waals surface area contributed by atoms with Crippen molar-refractivity contribution in [3.05, 3.63) is 53.9 Å². The molecular weight excluding hydrogens is 302 g/mol. The van der Waals surface area contributed by atoms with E-state index < -0.39 is 0 Å². The van der Waals surface area contributed by atoms with Crippen molar-refractivity contribution in [3.63, 3.8) is 0 Å². The fourth-order valence-electron chi connectivity index (χ4n) is 3.10. The molecule has 2 aromatic rings. The van der Waals surface area contributed by atoms with Gasteiger partial charge in [-0.25, -0.2) is 9.97 Å². The number of amides is 1. The molecule has 1 aliphatic rings. The number of nitrogens with zero attached hydrogens (tertiary/aromatic N) is 5. The van der Waals surface area contributed by atoms with Crippen molar-refractivity contribution in [1.82, 2.24) is 24.8 Å². The molecule has 3 rings (SSSR count). The molecule has 0 saturated carbocycles. The molecule has 0 unspecified atom stereocenters. The molecule has 0 radical (unpaired) electrons. The van der Waals surface area contributed by atoms with Crippen LogP contribution in [-0.2, 0) is 17.8 Å². The van der Waals surface area contributed by atoms with Crippen LogP contribution in [0.5, 0.6) is 0 Å². The molecule has 3 heterocycles. The van der Waals surface area contributed by atoms with E-state index in [4.69, 9.17) is 0 Å². The van der Waals surface area contributed by atoms with Gasteiger partial charge in [-0.2, -0.15) is 0 Å². The van der Waals surface area contributed by atoms with Crippen LogP contribution < -0.4 is 0 Å². The molecule has 1 aliphatic heterocycles. The number of likely N-dealkylation sites (tertiary alicyclic amines) is 1. The Kier molecular flexibility index (Phi) is 5.15. The van der Waals surface area contributed by atoms with Gasteiger partial charge >= 0.3 is 0 Å². The molecule has 24 heavy (non-hydrogen) atoms. The minimum absolute atomic E-state index is 0.0173. The number of hydrogen-bond acceptors (Lipinski definition) is 5. The second-order valence-corrected chi connectivity index (χ2v) is 6.43. The Balaban J connectivity index is 1.74. The highest BCUT2D eigenvalue weighted by Crippen LogP contribution is 2.30. The number of pyridine rings is 1. The van der Waals surface area contributed by atoms with Crippen molar-refractivity contribution in [2.75, 3.05) is 20.6 Å². The molecule has 126 valence electrons. The van der Waals surface area contributed by atoms with Crippen molar-refractivity contribution in [2.45, 2.75) is 31.8 Å². The first kappa shape index (κ1) is 16.5. The third-order valence-electron chi connectivity index (χ3n) is 4.16. The van der Waals surface area contributed by atoms with Crippen LogP contribution in [0.2, 0.25) is 0 Å². The van der Waals surface area contributed by atoms with Crippen molar-refractivity contribution >= 4 is 5.91 Å². The van der Waals surface area contributed by atoms with Gasteiger partial charge < -0.3 is 9.80 Å². The lowest BCUT2D eigenvalue weighted by atomic mass is 10.1. The fraction of sp³-hybridized carbons (Fsp3) is 0.444. The molecule has 0 N–H and O–H groups in total. The molecule has 6 nitrogen and oxygen atoms in total. The molecule has 1 atom stereocenters. The summed E-state index contributed by atoms with van der Waals surface area (Å²) in [6.07, 6.45) is 7.55. The zero-order chi connectivity index (χ0) is 16.9. The van der Waals surface area contributed by atoms with Gasteiger partial charge in [0.1, 0.15) is 0 Å². The highest BCUT2D eigenvalue weighted by Gasteiger charge is 2.31. The van der Waals surface area contributed by atoms with Gasteiger partial charge in [0.05, 0.1) is 18.2 Å². The average molecular weight is 325 g/mol. The summed E-state index contributed by atoms with van der Waals surface area (Å²) in [5.41, 5.74) is 1.92. The van der Waals surface area contributed by atoms with Gasteiger partial charge in [0, 0.05) is 31.7 Å². The van der Waals surface area contributed by atoms with Gasteiger partial charge in [-0.05, 0) is 44.6 Å². The SMILES string of the molecule is CN(C)Cc1ccnc([C@@H]2CCCN2C(=O)Cc2cccnc2)n1. The van der Waals surface area contributed by atoms with E-state index in [2.05, 4.69) is 19.9 Å².